The summed E-state index contributed by atoms with van der Waals surface area (Å²) in [5.74, 6) is 0.744. The summed E-state index contributed by atoms with van der Waals surface area (Å²) < 4.78 is 10.9. The molecule has 124 valence electrons. The second kappa shape index (κ2) is 8.63. The predicted octanol–water partition coefficient (Wildman–Crippen LogP) is 3.57. The molecule has 0 aliphatic heterocycles. The Morgan fingerprint density at radius 3 is 2.36 bits per heavy atom. The van der Waals surface area contributed by atoms with Gasteiger partial charge in [0.15, 0.2) is 0 Å². The second-order valence-electron chi connectivity index (χ2n) is 6.12. The fraction of sp³-hybridized carbons (Fsp3) is 0.588. The van der Waals surface area contributed by atoms with Crippen LogP contribution in [0.3, 0.4) is 0 Å². The Hall–Kier alpha value is -1.75. The van der Waals surface area contributed by atoms with E-state index in [1.807, 2.05) is 45.0 Å². The molecule has 22 heavy (non-hydrogen) atoms. The number of nitrogens with zero attached hydrogens (tertiary/aromatic N) is 1. The Labute approximate surface area is 133 Å². The van der Waals surface area contributed by atoms with Crippen LogP contribution in [0.1, 0.15) is 40.5 Å². The number of amides is 1. The van der Waals surface area contributed by atoms with Crippen molar-refractivity contribution in [1.29, 1.82) is 0 Å². The first-order chi connectivity index (χ1) is 10.4. The predicted molar refractivity (Wildman–Crippen MR) is 89.5 cm³/mol. The van der Waals surface area contributed by atoms with Gasteiger partial charge in [-0.05, 0) is 51.5 Å². The van der Waals surface area contributed by atoms with Gasteiger partial charge < -0.3 is 15.2 Å². The quantitative estimate of drug-likeness (QED) is 0.836. The highest BCUT2D eigenvalue weighted by molar-refractivity contribution is 5.87. The third-order valence-corrected chi connectivity index (χ3v) is 2.88. The maximum absolute atomic E-state index is 12.4. The molecule has 0 aromatic heterocycles. The minimum absolute atomic E-state index is 0.323. The molecule has 1 aromatic rings. The molecule has 0 radical (unpaired) electrons. The van der Waals surface area contributed by atoms with Gasteiger partial charge in [-0.25, -0.2) is 4.79 Å². The third kappa shape index (κ3) is 6.35. The maximum atomic E-state index is 12.4. The Bertz CT molecular complexity index is 452. The van der Waals surface area contributed by atoms with E-state index in [2.05, 4.69) is 6.92 Å². The van der Waals surface area contributed by atoms with E-state index in [1.54, 1.807) is 4.90 Å². The van der Waals surface area contributed by atoms with Crippen LogP contribution in [0.2, 0.25) is 0 Å². The topological polar surface area (TPSA) is 64.8 Å². The Morgan fingerprint density at radius 1 is 1.23 bits per heavy atom. The number of carbonyl (C=O) groups is 1. The van der Waals surface area contributed by atoms with Crippen molar-refractivity contribution < 1.29 is 14.3 Å². The lowest BCUT2D eigenvalue weighted by molar-refractivity contribution is 0.0580. The van der Waals surface area contributed by atoms with Crippen LogP contribution in [-0.2, 0) is 4.74 Å². The van der Waals surface area contributed by atoms with E-state index in [9.17, 15) is 4.79 Å². The number of ether oxygens (including phenoxy) is 2. The number of nitrogens with two attached hydrogens (primary N) is 1. The van der Waals surface area contributed by atoms with Crippen LogP contribution < -0.4 is 15.4 Å². The molecule has 0 aliphatic carbocycles. The molecule has 0 aliphatic rings. The number of rotatable bonds is 7. The van der Waals surface area contributed by atoms with Gasteiger partial charge in [-0.3, -0.25) is 4.90 Å². The minimum atomic E-state index is -0.508. The van der Waals surface area contributed by atoms with E-state index in [-0.39, 0.29) is 6.09 Å². The Balaban J connectivity index is 2.84. The standard InChI is InChI=1S/C17H28N2O3/c1-5-6-12-19(16(20)22-17(2,3)4)14-7-9-15(10-8-14)21-13-11-18/h7-10H,5-6,11-13,18H2,1-4H3. The Kier molecular flexibility index (Phi) is 7.18. The van der Waals surface area contributed by atoms with Crippen LogP contribution in [0.5, 0.6) is 5.75 Å². The number of benzene rings is 1. The molecule has 1 aromatic carbocycles. The average Bonchev–Trinajstić information content (AvgIpc) is 2.45. The highest BCUT2D eigenvalue weighted by atomic mass is 16.6. The first-order valence-electron chi connectivity index (χ1n) is 7.81. The van der Waals surface area contributed by atoms with Gasteiger partial charge in [0.2, 0.25) is 0 Å². The first kappa shape index (κ1) is 18.3. The first-order valence-corrected chi connectivity index (χ1v) is 7.81. The van der Waals surface area contributed by atoms with Crippen molar-refractivity contribution in [2.45, 2.75) is 46.1 Å². The summed E-state index contributed by atoms with van der Waals surface area (Å²) in [6.45, 7) is 9.28. The molecule has 2 N–H and O–H groups in total. The maximum Gasteiger partial charge on any atom is 0.414 e. The van der Waals surface area contributed by atoms with Crippen molar-refractivity contribution in [3.05, 3.63) is 24.3 Å². The smallest absolute Gasteiger partial charge is 0.414 e. The Morgan fingerprint density at radius 2 is 1.86 bits per heavy atom. The molecular weight excluding hydrogens is 280 g/mol. The van der Waals surface area contributed by atoms with Gasteiger partial charge in [-0.2, -0.15) is 0 Å². The molecule has 0 saturated heterocycles. The van der Waals surface area contributed by atoms with Gasteiger partial charge in [0.05, 0.1) is 0 Å². The molecule has 0 unspecified atom stereocenters. The van der Waals surface area contributed by atoms with Crippen LogP contribution in [0.15, 0.2) is 24.3 Å². The summed E-state index contributed by atoms with van der Waals surface area (Å²) in [4.78, 5) is 14.0. The summed E-state index contributed by atoms with van der Waals surface area (Å²) in [7, 11) is 0. The lowest BCUT2D eigenvalue weighted by atomic mass is 10.2. The number of hydrogen-bond donors (Lipinski definition) is 1. The van der Waals surface area contributed by atoms with Gasteiger partial charge >= 0.3 is 6.09 Å². The van der Waals surface area contributed by atoms with E-state index >= 15 is 0 Å². The highest BCUT2D eigenvalue weighted by Gasteiger charge is 2.23. The normalized spacial score (nSPS) is 11.1. The molecule has 1 rings (SSSR count). The van der Waals surface area contributed by atoms with Gasteiger partial charge in [-0.15, -0.1) is 0 Å². The van der Waals surface area contributed by atoms with Crippen molar-refractivity contribution in [1.82, 2.24) is 0 Å². The molecule has 0 saturated carbocycles. The summed E-state index contributed by atoms with van der Waals surface area (Å²) in [6, 6.07) is 7.42. The van der Waals surface area contributed by atoms with E-state index in [1.165, 1.54) is 0 Å². The lowest BCUT2D eigenvalue weighted by Gasteiger charge is -2.27. The van der Waals surface area contributed by atoms with Crippen molar-refractivity contribution in [3.8, 4) is 5.75 Å². The molecule has 5 nitrogen and oxygen atoms in total. The summed E-state index contributed by atoms with van der Waals surface area (Å²) in [5, 5.41) is 0. The van der Waals surface area contributed by atoms with Crippen molar-refractivity contribution >= 4 is 11.8 Å². The second-order valence-corrected chi connectivity index (χ2v) is 6.12. The van der Waals surface area contributed by atoms with Crippen LogP contribution in [-0.4, -0.2) is 31.4 Å². The van der Waals surface area contributed by atoms with E-state index < -0.39 is 5.60 Å². The van der Waals surface area contributed by atoms with Gasteiger partial charge in [-0.1, -0.05) is 13.3 Å². The van der Waals surface area contributed by atoms with E-state index in [0.717, 1.165) is 24.3 Å². The van der Waals surface area contributed by atoms with Crippen molar-refractivity contribution in [3.63, 3.8) is 0 Å². The molecule has 5 heteroatoms. The SMILES string of the molecule is CCCCN(C(=O)OC(C)(C)C)c1ccc(OCCN)cc1. The summed E-state index contributed by atoms with van der Waals surface area (Å²) in [5.41, 5.74) is 5.71. The summed E-state index contributed by atoms with van der Waals surface area (Å²) >= 11 is 0. The van der Waals surface area contributed by atoms with Gasteiger partial charge in [0.25, 0.3) is 0 Å². The monoisotopic (exact) mass is 308 g/mol. The molecular formula is C17H28N2O3. The number of unbranched alkanes of at least 4 members (excludes halogenated alkanes) is 1. The largest absolute Gasteiger partial charge is 0.492 e. The van der Waals surface area contributed by atoms with Crippen molar-refractivity contribution in [2.75, 3.05) is 24.6 Å². The number of carbonyl (C=O) groups excluding carboxylic acids is 1. The average molecular weight is 308 g/mol. The van der Waals surface area contributed by atoms with Crippen LogP contribution in [0.4, 0.5) is 10.5 Å². The van der Waals surface area contributed by atoms with E-state index in [0.29, 0.717) is 19.7 Å². The van der Waals surface area contributed by atoms with Crippen LogP contribution >= 0.6 is 0 Å². The number of hydrogen-bond acceptors (Lipinski definition) is 4. The van der Waals surface area contributed by atoms with Gasteiger partial charge in [0, 0.05) is 18.8 Å². The molecule has 0 atom stereocenters. The molecule has 1 amide bonds. The third-order valence-electron chi connectivity index (χ3n) is 2.88. The summed E-state index contributed by atoms with van der Waals surface area (Å²) in [6.07, 6.45) is 1.61. The molecule has 0 bridgehead atoms. The zero-order valence-corrected chi connectivity index (χ0v) is 14.1. The lowest BCUT2D eigenvalue weighted by Crippen LogP contribution is -2.37. The molecule has 0 fully saturated rings. The molecule has 0 heterocycles. The minimum Gasteiger partial charge on any atom is -0.492 e. The van der Waals surface area contributed by atoms with Crippen LogP contribution in [0.25, 0.3) is 0 Å². The zero-order valence-electron chi connectivity index (χ0n) is 14.1. The fourth-order valence-electron chi connectivity index (χ4n) is 1.86. The highest BCUT2D eigenvalue weighted by Crippen LogP contribution is 2.22. The van der Waals surface area contributed by atoms with Crippen LogP contribution in [0, 0.1) is 0 Å². The number of anilines is 1. The van der Waals surface area contributed by atoms with Crippen molar-refractivity contribution in [2.24, 2.45) is 5.73 Å². The molecule has 0 spiro atoms. The van der Waals surface area contributed by atoms with Gasteiger partial charge in [0.1, 0.15) is 18.0 Å². The zero-order chi connectivity index (χ0) is 16.6. The fourth-order valence-corrected chi connectivity index (χ4v) is 1.86. The van der Waals surface area contributed by atoms with E-state index in [4.69, 9.17) is 15.2 Å².